The molecule has 0 aliphatic carbocycles. The Morgan fingerprint density at radius 2 is 2.18 bits per heavy atom. The van der Waals surface area contributed by atoms with Gasteiger partial charge in [0, 0.05) is 37.7 Å². The van der Waals surface area contributed by atoms with Crippen LogP contribution < -0.4 is 5.32 Å². The first-order valence-corrected chi connectivity index (χ1v) is 7.03. The summed E-state index contributed by atoms with van der Waals surface area (Å²) in [5.41, 5.74) is 2.78. The van der Waals surface area contributed by atoms with Gasteiger partial charge in [-0.25, -0.2) is 4.98 Å². The standard InChI is InChI=1S/C14H25N3/c1-4-5-6-9-17-13-7-8-15-10-12(13)16-14(17)11(2)3/h11,15H,4-10H2,1-3H3. The van der Waals surface area contributed by atoms with Crippen molar-refractivity contribution in [2.24, 2.45) is 0 Å². The van der Waals surface area contributed by atoms with Gasteiger partial charge < -0.3 is 9.88 Å². The van der Waals surface area contributed by atoms with E-state index in [1.54, 1.807) is 0 Å². The zero-order valence-corrected chi connectivity index (χ0v) is 11.4. The van der Waals surface area contributed by atoms with Crippen molar-refractivity contribution < 1.29 is 0 Å². The van der Waals surface area contributed by atoms with E-state index in [-0.39, 0.29) is 0 Å². The largest absolute Gasteiger partial charge is 0.331 e. The molecule has 2 heterocycles. The molecule has 1 N–H and O–H groups in total. The van der Waals surface area contributed by atoms with Crippen LogP contribution in [0.25, 0.3) is 0 Å². The molecule has 1 aromatic heterocycles. The lowest BCUT2D eigenvalue weighted by Gasteiger charge is -2.17. The maximum Gasteiger partial charge on any atom is 0.111 e. The van der Waals surface area contributed by atoms with Crippen LogP contribution in [0.2, 0.25) is 0 Å². The maximum absolute atomic E-state index is 4.83. The summed E-state index contributed by atoms with van der Waals surface area (Å²) < 4.78 is 2.50. The minimum absolute atomic E-state index is 0.530. The summed E-state index contributed by atoms with van der Waals surface area (Å²) in [6.07, 6.45) is 5.03. The van der Waals surface area contributed by atoms with Crippen molar-refractivity contribution in [3.05, 3.63) is 17.2 Å². The van der Waals surface area contributed by atoms with Crippen molar-refractivity contribution in [1.82, 2.24) is 14.9 Å². The molecule has 0 saturated heterocycles. The van der Waals surface area contributed by atoms with E-state index < -0.39 is 0 Å². The average Bonchev–Trinajstić information content (AvgIpc) is 2.69. The van der Waals surface area contributed by atoms with Gasteiger partial charge in [-0.2, -0.15) is 0 Å². The first-order valence-electron chi connectivity index (χ1n) is 7.03. The molecule has 0 radical (unpaired) electrons. The third-order valence-corrected chi connectivity index (χ3v) is 3.52. The topological polar surface area (TPSA) is 29.9 Å². The van der Waals surface area contributed by atoms with E-state index in [4.69, 9.17) is 4.98 Å². The Morgan fingerprint density at radius 3 is 2.88 bits per heavy atom. The Hall–Kier alpha value is -0.830. The lowest BCUT2D eigenvalue weighted by atomic mass is 10.1. The highest BCUT2D eigenvalue weighted by Gasteiger charge is 2.20. The molecule has 0 atom stereocenters. The smallest absolute Gasteiger partial charge is 0.111 e. The van der Waals surface area contributed by atoms with Gasteiger partial charge in [0.2, 0.25) is 0 Å². The average molecular weight is 235 g/mol. The fraction of sp³-hybridized carbons (Fsp3) is 0.786. The van der Waals surface area contributed by atoms with Crippen LogP contribution in [0.3, 0.4) is 0 Å². The summed E-state index contributed by atoms with van der Waals surface area (Å²) in [6, 6.07) is 0. The second-order valence-electron chi connectivity index (χ2n) is 5.30. The first kappa shape index (κ1) is 12.6. The molecule has 0 saturated carbocycles. The number of rotatable bonds is 5. The molecule has 0 spiro atoms. The number of fused-ring (bicyclic) bond motifs is 1. The number of nitrogens with zero attached hydrogens (tertiary/aromatic N) is 2. The molecule has 3 heteroatoms. The fourth-order valence-corrected chi connectivity index (χ4v) is 2.60. The Morgan fingerprint density at radius 1 is 1.35 bits per heavy atom. The minimum Gasteiger partial charge on any atom is -0.331 e. The minimum atomic E-state index is 0.530. The summed E-state index contributed by atoms with van der Waals surface area (Å²) in [6.45, 7) is 9.97. The van der Waals surface area contributed by atoms with Crippen LogP contribution in [0.15, 0.2) is 0 Å². The third kappa shape index (κ3) is 2.71. The normalized spacial score (nSPS) is 15.3. The van der Waals surface area contributed by atoms with E-state index >= 15 is 0 Å². The molecule has 3 nitrogen and oxygen atoms in total. The van der Waals surface area contributed by atoms with Gasteiger partial charge in [0.25, 0.3) is 0 Å². The molecular formula is C14H25N3. The Labute approximate surface area is 105 Å². The SMILES string of the molecule is CCCCCn1c(C(C)C)nc2c1CCNC2. The molecule has 96 valence electrons. The number of hydrogen-bond donors (Lipinski definition) is 1. The molecule has 0 unspecified atom stereocenters. The highest BCUT2D eigenvalue weighted by molar-refractivity contribution is 5.21. The van der Waals surface area contributed by atoms with Crippen molar-refractivity contribution in [3.8, 4) is 0 Å². The summed E-state index contributed by atoms with van der Waals surface area (Å²) in [5, 5.41) is 3.41. The molecule has 17 heavy (non-hydrogen) atoms. The van der Waals surface area contributed by atoms with Gasteiger partial charge in [0.15, 0.2) is 0 Å². The highest BCUT2D eigenvalue weighted by atomic mass is 15.1. The molecule has 0 fully saturated rings. The highest BCUT2D eigenvalue weighted by Crippen LogP contribution is 2.22. The molecule has 0 amide bonds. The molecule has 1 aliphatic heterocycles. The van der Waals surface area contributed by atoms with E-state index in [1.807, 2.05) is 0 Å². The lowest BCUT2D eigenvalue weighted by molar-refractivity contribution is 0.534. The monoisotopic (exact) mass is 235 g/mol. The maximum atomic E-state index is 4.83. The van der Waals surface area contributed by atoms with Crippen LogP contribution in [0.1, 0.15) is 63.2 Å². The van der Waals surface area contributed by atoms with E-state index in [0.29, 0.717) is 5.92 Å². The molecule has 1 aromatic rings. The van der Waals surface area contributed by atoms with Gasteiger partial charge in [-0.3, -0.25) is 0 Å². The predicted molar refractivity (Wildman–Crippen MR) is 71.3 cm³/mol. The van der Waals surface area contributed by atoms with Crippen LogP contribution in [0, 0.1) is 0 Å². The first-order chi connectivity index (χ1) is 8.24. The molecule has 1 aliphatic rings. The van der Waals surface area contributed by atoms with Crippen LogP contribution >= 0.6 is 0 Å². The molecule has 0 aromatic carbocycles. The van der Waals surface area contributed by atoms with Gasteiger partial charge in [-0.15, -0.1) is 0 Å². The van der Waals surface area contributed by atoms with Crippen LogP contribution in [-0.2, 0) is 19.5 Å². The summed E-state index contributed by atoms with van der Waals surface area (Å²) >= 11 is 0. The second-order valence-corrected chi connectivity index (χ2v) is 5.30. The van der Waals surface area contributed by atoms with Gasteiger partial charge in [-0.1, -0.05) is 33.6 Å². The number of nitrogens with one attached hydrogen (secondary N) is 1. The van der Waals surface area contributed by atoms with E-state index in [1.165, 1.54) is 36.5 Å². The van der Waals surface area contributed by atoms with Crippen LogP contribution in [0.4, 0.5) is 0 Å². The van der Waals surface area contributed by atoms with Gasteiger partial charge >= 0.3 is 0 Å². The number of imidazole rings is 1. The van der Waals surface area contributed by atoms with Gasteiger partial charge in [0.05, 0.1) is 5.69 Å². The lowest BCUT2D eigenvalue weighted by Crippen LogP contribution is -2.25. The number of hydrogen-bond acceptors (Lipinski definition) is 2. The summed E-state index contributed by atoms with van der Waals surface area (Å²) in [5.74, 6) is 1.82. The number of aromatic nitrogens is 2. The fourth-order valence-electron chi connectivity index (χ4n) is 2.60. The molecular weight excluding hydrogens is 210 g/mol. The third-order valence-electron chi connectivity index (χ3n) is 3.52. The second kappa shape index (κ2) is 5.67. The Balaban J connectivity index is 2.22. The Kier molecular flexibility index (Phi) is 4.21. The van der Waals surface area contributed by atoms with Crippen molar-refractivity contribution in [2.45, 2.75) is 65.5 Å². The van der Waals surface area contributed by atoms with Gasteiger partial charge in [-0.05, 0) is 6.42 Å². The van der Waals surface area contributed by atoms with Crippen molar-refractivity contribution in [2.75, 3.05) is 6.54 Å². The predicted octanol–water partition coefficient (Wildman–Crippen LogP) is 2.84. The summed E-state index contributed by atoms with van der Waals surface area (Å²) in [4.78, 5) is 4.83. The van der Waals surface area contributed by atoms with Crippen molar-refractivity contribution in [3.63, 3.8) is 0 Å². The Bertz CT molecular complexity index is 366. The van der Waals surface area contributed by atoms with E-state index in [0.717, 1.165) is 26.1 Å². The van der Waals surface area contributed by atoms with Gasteiger partial charge in [0.1, 0.15) is 5.82 Å². The van der Waals surface area contributed by atoms with E-state index in [9.17, 15) is 0 Å². The van der Waals surface area contributed by atoms with E-state index in [2.05, 4.69) is 30.7 Å². The quantitative estimate of drug-likeness (QED) is 0.795. The number of unbranched alkanes of at least 4 members (excludes halogenated alkanes) is 2. The van der Waals surface area contributed by atoms with Crippen molar-refractivity contribution >= 4 is 0 Å². The molecule has 2 rings (SSSR count). The zero-order valence-electron chi connectivity index (χ0n) is 11.4. The summed E-state index contributed by atoms with van der Waals surface area (Å²) in [7, 11) is 0. The zero-order chi connectivity index (χ0) is 12.3. The van der Waals surface area contributed by atoms with Crippen molar-refractivity contribution in [1.29, 1.82) is 0 Å². The molecule has 0 bridgehead atoms. The van der Waals surface area contributed by atoms with Crippen LogP contribution in [-0.4, -0.2) is 16.1 Å². The van der Waals surface area contributed by atoms with Crippen LogP contribution in [0.5, 0.6) is 0 Å².